The zero-order valence-electron chi connectivity index (χ0n) is 11.9. The van der Waals surface area contributed by atoms with E-state index in [2.05, 4.69) is 53.5 Å². The van der Waals surface area contributed by atoms with Gasteiger partial charge in [-0.05, 0) is 81.7 Å². The van der Waals surface area contributed by atoms with E-state index in [4.69, 9.17) is 0 Å². The lowest BCUT2D eigenvalue weighted by atomic mass is 9.89. The average Bonchev–Trinajstić information content (AvgIpc) is 2.28. The predicted octanol–water partition coefficient (Wildman–Crippen LogP) is 4.39. The Bertz CT molecular complexity index is 622. The molecule has 0 saturated carbocycles. The number of hydrogen-bond donors (Lipinski definition) is 0. The van der Waals surface area contributed by atoms with Crippen molar-refractivity contribution in [1.82, 2.24) is 4.98 Å². The Hall–Kier alpha value is -1.37. The van der Waals surface area contributed by atoms with Gasteiger partial charge in [0.2, 0.25) is 0 Å². The van der Waals surface area contributed by atoms with Crippen molar-refractivity contribution in [1.29, 1.82) is 0 Å². The maximum Gasteiger partial charge on any atom is 0.0457 e. The highest BCUT2D eigenvalue weighted by atomic mass is 14.7. The Kier molecular flexibility index (Phi) is 2.73. The monoisotopic (exact) mass is 227 g/mol. The molecular weight excluding hydrogens is 206 g/mol. The smallest absolute Gasteiger partial charge is 0.0457 e. The van der Waals surface area contributed by atoms with Crippen LogP contribution in [0.2, 0.25) is 0 Å². The lowest BCUT2D eigenvalue weighted by molar-refractivity contribution is 1.10. The summed E-state index contributed by atoms with van der Waals surface area (Å²) < 4.78 is 0. The van der Waals surface area contributed by atoms with Crippen molar-refractivity contribution in [3.8, 4) is 0 Å². The Morgan fingerprint density at radius 3 is 1.47 bits per heavy atom. The van der Waals surface area contributed by atoms with Crippen molar-refractivity contribution in [3.05, 3.63) is 39.2 Å². The van der Waals surface area contributed by atoms with Crippen LogP contribution in [0.15, 0.2) is 0 Å². The predicted molar refractivity (Wildman–Crippen MR) is 74.9 cm³/mol. The van der Waals surface area contributed by atoms with Gasteiger partial charge in [0.05, 0.1) is 0 Å². The minimum atomic E-state index is 1.15. The van der Waals surface area contributed by atoms with E-state index in [1.807, 2.05) is 0 Å². The number of rotatable bonds is 0. The van der Waals surface area contributed by atoms with Gasteiger partial charge in [0.15, 0.2) is 0 Å². The summed E-state index contributed by atoms with van der Waals surface area (Å²) in [6, 6.07) is 0. The fourth-order valence-corrected chi connectivity index (χ4v) is 2.81. The molecule has 1 aromatic carbocycles. The molecule has 0 spiro atoms. The third-order valence-electron chi connectivity index (χ3n) is 4.30. The van der Waals surface area contributed by atoms with Crippen molar-refractivity contribution in [3.63, 3.8) is 0 Å². The van der Waals surface area contributed by atoms with Crippen LogP contribution in [-0.4, -0.2) is 4.98 Å². The molecule has 0 bridgehead atoms. The maximum atomic E-state index is 4.67. The van der Waals surface area contributed by atoms with Crippen LogP contribution < -0.4 is 0 Å². The zero-order valence-corrected chi connectivity index (χ0v) is 11.9. The van der Waals surface area contributed by atoms with Gasteiger partial charge in [0.25, 0.3) is 0 Å². The second kappa shape index (κ2) is 3.83. The molecule has 90 valence electrons. The molecule has 0 atom stereocenters. The van der Waals surface area contributed by atoms with Gasteiger partial charge in [-0.15, -0.1) is 0 Å². The molecule has 0 aliphatic heterocycles. The molecule has 1 nitrogen and oxygen atoms in total. The minimum absolute atomic E-state index is 1.15. The second-order valence-electron chi connectivity index (χ2n) is 5.16. The summed E-state index contributed by atoms with van der Waals surface area (Å²) in [6.07, 6.45) is 0. The quantitative estimate of drug-likeness (QED) is 0.650. The van der Waals surface area contributed by atoms with Crippen LogP contribution >= 0.6 is 0 Å². The van der Waals surface area contributed by atoms with Gasteiger partial charge in [0, 0.05) is 16.8 Å². The highest BCUT2D eigenvalue weighted by Crippen LogP contribution is 2.33. The molecule has 1 aromatic heterocycles. The summed E-state index contributed by atoms with van der Waals surface area (Å²) in [5.41, 5.74) is 9.26. The number of hydrogen-bond acceptors (Lipinski definition) is 1. The van der Waals surface area contributed by atoms with Crippen LogP contribution in [0, 0.1) is 48.5 Å². The number of aryl methyl sites for hydroxylation is 5. The molecule has 0 unspecified atom stereocenters. The first-order valence-corrected chi connectivity index (χ1v) is 6.20. The topological polar surface area (TPSA) is 12.9 Å². The normalized spacial score (nSPS) is 11.2. The average molecular weight is 227 g/mol. The molecule has 0 radical (unpaired) electrons. The van der Waals surface area contributed by atoms with Gasteiger partial charge >= 0.3 is 0 Å². The third kappa shape index (κ3) is 1.56. The summed E-state index contributed by atoms with van der Waals surface area (Å²) >= 11 is 0. The summed E-state index contributed by atoms with van der Waals surface area (Å²) in [6.45, 7) is 15.3. The van der Waals surface area contributed by atoms with Gasteiger partial charge < -0.3 is 0 Å². The van der Waals surface area contributed by atoms with Gasteiger partial charge in [-0.2, -0.15) is 0 Å². The van der Waals surface area contributed by atoms with Crippen LogP contribution in [0.3, 0.4) is 0 Å². The Labute approximate surface area is 104 Å². The van der Waals surface area contributed by atoms with E-state index in [0.29, 0.717) is 0 Å². The molecule has 1 heterocycles. The number of aromatic nitrogens is 1. The highest BCUT2D eigenvalue weighted by Gasteiger charge is 2.14. The van der Waals surface area contributed by atoms with Gasteiger partial charge in [-0.25, -0.2) is 0 Å². The summed E-state index contributed by atoms with van der Waals surface area (Å²) in [4.78, 5) is 4.67. The standard InChI is InChI=1S/C16H21N/c1-8-9(2)11(4)16-14(7)17-13(6)12(5)15(16)10(8)3/h1-7H3. The van der Waals surface area contributed by atoms with E-state index in [1.54, 1.807) is 0 Å². The van der Waals surface area contributed by atoms with Crippen LogP contribution in [0.25, 0.3) is 10.8 Å². The van der Waals surface area contributed by atoms with E-state index >= 15 is 0 Å². The minimum Gasteiger partial charge on any atom is -0.258 e. The molecule has 1 heteroatoms. The van der Waals surface area contributed by atoms with Crippen LogP contribution in [0.4, 0.5) is 0 Å². The number of benzene rings is 1. The van der Waals surface area contributed by atoms with Crippen LogP contribution in [0.5, 0.6) is 0 Å². The highest BCUT2D eigenvalue weighted by molar-refractivity contribution is 5.95. The fourth-order valence-electron chi connectivity index (χ4n) is 2.81. The SMILES string of the molecule is Cc1nc(C)c2c(C)c(C)c(C)c(C)c2c1C. The van der Waals surface area contributed by atoms with Gasteiger partial charge in [-0.1, -0.05) is 0 Å². The van der Waals surface area contributed by atoms with E-state index in [0.717, 1.165) is 11.4 Å². The van der Waals surface area contributed by atoms with Crippen LogP contribution in [0.1, 0.15) is 39.2 Å². The molecule has 0 N–H and O–H groups in total. The molecule has 0 saturated heterocycles. The van der Waals surface area contributed by atoms with E-state index < -0.39 is 0 Å². The first-order chi connectivity index (χ1) is 7.86. The van der Waals surface area contributed by atoms with Crippen molar-refractivity contribution in [2.75, 3.05) is 0 Å². The van der Waals surface area contributed by atoms with E-state index in [9.17, 15) is 0 Å². The zero-order chi connectivity index (χ0) is 12.9. The first-order valence-electron chi connectivity index (χ1n) is 6.20. The number of pyridine rings is 1. The van der Waals surface area contributed by atoms with Crippen molar-refractivity contribution >= 4 is 10.8 Å². The lowest BCUT2D eigenvalue weighted by Gasteiger charge is -2.18. The van der Waals surface area contributed by atoms with Crippen molar-refractivity contribution in [2.45, 2.75) is 48.5 Å². The maximum absolute atomic E-state index is 4.67. The summed E-state index contributed by atoms with van der Waals surface area (Å²) in [5, 5.41) is 2.77. The van der Waals surface area contributed by atoms with Gasteiger partial charge in [-0.3, -0.25) is 4.98 Å². The number of nitrogens with zero attached hydrogens (tertiary/aromatic N) is 1. The fraction of sp³-hybridized carbons (Fsp3) is 0.438. The summed E-state index contributed by atoms with van der Waals surface area (Å²) in [5.74, 6) is 0. The van der Waals surface area contributed by atoms with E-state index in [1.165, 1.54) is 38.6 Å². The van der Waals surface area contributed by atoms with E-state index in [-0.39, 0.29) is 0 Å². The van der Waals surface area contributed by atoms with Gasteiger partial charge in [0.1, 0.15) is 0 Å². The summed E-state index contributed by atoms with van der Waals surface area (Å²) in [7, 11) is 0. The largest absolute Gasteiger partial charge is 0.258 e. The molecule has 17 heavy (non-hydrogen) atoms. The Balaban J connectivity index is 3.17. The first kappa shape index (κ1) is 12.1. The molecule has 0 fully saturated rings. The van der Waals surface area contributed by atoms with Crippen molar-refractivity contribution in [2.24, 2.45) is 0 Å². The Morgan fingerprint density at radius 2 is 0.941 bits per heavy atom. The molecular formula is C16H21N. The molecule has 2 aromatic rings. The second-order valence-corrected chi connectivity index (χ2v) is 5.16. The van der Waals surface area contributed by atoms with Crippen LogP contribution in [-0.2, 0) is 0 Å². The molecule has 0 aliphatic carbocycles. The molecule has 0 amide bonds. The lowest BCUT2D eigenvalue weighted by Crippen LogP contribution is -2.01. The third-order valence-corrected chi connectivity index (χ3v) is 4.30. The Morgan fingerprint density at radius 1 is 0.471 bits per heavy atom. The number of fused-ring (bicyclic) bond motifs is 1. The molecule has 0 aliphatic rings. The molecule has 2 rings (SSSR count). The van der Waals surface area contributed by atoms with Crippen molar-refractivity contribution < 1.29 is 0 Å².